The summed E-state index contributed by atoms with van der Waals surface area (Å²) in [5.74, 6) is 0. The minimum absolute atomic E-state index is 1.14. The van der Waals surface area contributed by atoms with Crippen LogP contribution in [0.2, 0.25) is 0 Å². The van der Waals surface area contributed by atoms with E-state index in [-0.39, 0.29) is 0 Å². The lowest BCUT2D eigenvalue weighted by Crippen LogP contribution is -1.64. The van der Waals surface area contributed by atoms with Crippen LogP contribution in [0.5, 0.6) is 0 Å². The normalized spacial score (nSPS) is 11.1. The van der Waals surface area contributed by atoms with Gasteiger partial charge in [-0.3, -0.25) is 0 Å². The quantitative estimate of drug-likeness (QED) is 0.479. The molecule has 23 heavy (non-hydrogen) atoms. The van der Waals surface area contributed by atoms with Crippen LogP contribution in [0.15, 0.2) is 72.3 Å². The minimum Gasteiger partial charge on any atom is -0.355 e. The zero-order valence-corrected chi connectivity index (χ0v) is 15.1. The van der Waals surface area contributed by atoms with Gasteiger partial charge in [0.2, 0.25) is 0 Å². The maximum atomic E-state index is 3.38. The van der Waals surface area contributed by atoms with Gasteiger partial charge in [-0.1, -0.05) is 81.0 Å². The number of aromatic amines is 1. The van der Waals surface area contributed by atoms with Crippen molar-refractivity contribution in [2.45, 2.75) is 41.0 Å². The van der Waals surface area contributed by atoms with Gasteiger partial charge in [0, 0.05) is 21.8 Å². The molecule has 1 N–H and O–H groups in total. The average molecular weight is 307 g/mol. The first-order valence-corrected chi connectivity index (χ1v) is 8.51. The largest absolute Gasteiger partial charge is 0.355 e. The number of hydrogen-bond acceptors (Lipinski definition) is 0. The van der Waals surface area contributed by atoms with Crippen molar-refractivity contribution in [1.82, 2.24) is 4.98 Å². The summed E-state index contributed by atoms with van der Waals surface area (Å²) < 4.78 is 0. The second kappa shape index (κ2) is 10.4. The number of allylic oxidation sites excluding steroid dienone is 4. The van der Waals surface area contributed by atoms with Crippen LogP contribution in [-0.2, 0) is 0 Å². The Balaban J connectivity index is 0.000000232. The summed E-state index contributed by atoms with van der Waals surface area (Å²) in [4.78, 5) is 3.38. The van der Waals surface area contributed by atoms with E-state index in [1.807, 2.05) is 20.8 Å². The summed E-state index contributed by atoms with van der Waals surface area (Å²) in [6.45, 7) is 10.3. The molecule has 1 heteroatoms. The van der Waals surface area contributed by atoms with Crippen LogP contribution >= 0.6 is 0 Å². The molecule has 0 unspecified atom stereocenters. The van der Waals surface area contributed by atoms with Crippen LogP contribution in [0.1, 0.15) is 41.0 Å². The standard InChI is InChI=1S/C12H9N.C8H14.C2H6/c1-3-7-11-9(5-1)10-6-2-4-8-12(10)13-11;1-4-6-8(3)7-5-2;1-2/h1-8,13H;4,6-7H,5H2,1-3H3;1-2H3/b;6-4-,8-7-;. The zero-order chi connectivity index (χ0) is 17.1. The third kappa shape index (κ3) is 5.45. The lowest BCUT2D eigenvalue weighted by atomic mass is 10.2. The molecule has 0 aliphatic heterocycles. The molecule has 2 aromatic carbocycles. The summed E-state index contributed by atoms with van der Waals surface area (Å²) in [5.41, 5.74) is 3.78. The van der Waals surface area contributed by atoms with Crippen molar-refractivity contribution in [3.63, 3.8) is 0 Å². The third-order valence-corrected chi connectivity index (χ3v) is 3.37. The molecule has 1 heterocycles. The Morgan fingerprint density at radius 1 is 0.913 bits per heavy atom. The van der Waals surface area contributed by atoms with E-state index in [2.05, 4.69) is 85.6 Å². The molecule has 1 nitrogen and oxygen atoms in total. The molecule has 0 amide bonds. The molecular weight excluding hydrogens is 278 g/mol. The fourth-order valence-electron chi connectivity index (χ4n) is 2.45. The van der Waals surface area contributed by atoms with Crippen LogP contribution in [-0.4, -0.2) is 4.98 Å². The molecule has 0 saturated heterocycles. The van der Waals surface area contributed by atoms with Gasteiger partial charge >= 0.3 is 0 Å². The van der Waals surface area contributed by atoms with E-state index in [1.54, 1.807) is 0 Å². The highest BCUT2D eigenvalue weighted by molar-refractivity contribution is 6.06. The Hall–Kier alpha value is -2.28. The number of rotatable bonds is 2. The fourth-order valence-corrected chi connectivity index (χ4v) is 2.45. The van der Waals surface area contributed by atoms with Crippen molar-refractivity contribution in [3.8, 4) is 0 Å². The molecular formula is C22H29N. The number of fused-ring (bicyclic) bond motifs is 3. The van der Waals surface area contributed by atoms with Gasteiger partial charge in [-0.15, -0.1) is 0 Å². The van der Waals surface area contributed by atoms with E-state index in [4.69, 9.17) is 0 Å². The predicted molar refractivity (Wildman–Crippen MR) is 106 cm³/mol. The number of nitrogens with one attached hydrogen (secondary N) is 1. The molecule has 0 spiro atoms. The summed E-state index contributed by atoms with van der Waals surface area (Å²) >= 11 is 0. The summed E-state index contributed by atoms with van der Waals surface area (Å²) in [5, 5.41) is 2.61. The first-order chi connectivity index (χ1) is 11.3. The van der Waals surface area contributed by atoms with Gasteiger partial charge in [0.05, 0.1) is 0 Å². The van der Waals surface area contributed by atoms with Gasteiger partial charge < -0.3 is 4.98 Å². The first kappa shape index (κ1) is 18.8. The van der Waals surface area contributed by atoms with Crippen LogP contribution in [0.4, 0.5) is 0 Å². The monoisotopic (exact) mass is 307 g/mol. The molecule has 0 fully saturated rings. The van der Waals surface area contributed by atoms with Gasteiger partial charge in [0.25, 0.3) is 0 Å². The number of aromatic nitrogens is 1. The smallest absolute Gasteiger partial charge is 0.0464 e. The Morgan fingerprint density at radius 2 is 1.39 bits per heavy atom. The van der Waals surface area contributed by atoms with Crippen molar-refractivity contribution in [3.05, 3.63) is 72.3 Å². The Labute approximate surface area is 140 Å². The lowest BCUT2D eigenvalue weighted by Gasteiger charge is -1.87. The molecule has 0 atom stereocenters. The van der Waals surface area contributed by atoms with E-state index in [0.29, 0.717) is 0 Å². The summed E-state index contributed by atoms with van der Waals surface area (Å²) in [7, 11) is 0. The van der Waals surface area contributed by atoms with E-state index in [1.165, 1.54) is 27.4 Å². The van der Waals surface area contributed by atoms with E-state index < -0.39 is 0 Å². The minimum atomic E-state index is 1.14. The van der Waals surface area contributed by atoms with Crippen molar-refractivity contribution in [1.29, 1.82) is 0 Å². The molecule has 0 aliphatic carbocycles. The molecule has 0 bridgehead atoms. The molecule has 1 aromatic heterocycles. The fraction of sp³-hybridized carbons (Fsp3) is 0.273. The van der Waals surface area contributed by atoms with Gasteiger partial charge in [-0.25, -0.2) is 0 Å². The van der Waals surface area contributed by atoms with Gasteiger partial charge in [0.15, 0.2) is 0 Å². The van der Waals surface area contributed by atoms with E-state index in [0.717, 1.165) is 6.42 Å². The van der Waals surface area contributed by atoms with E-state index in [9.17, 15) is 0 Å². The highest BCUT2D eigenvalue weighted by atomic mass is 14.7. The topological polar surface area (TPSA) is 15.8 Å². The second-order valence-corrected chi connectivity index (χ2v) is 5.07. The number of benzene rings is 2. The lowest BCUT2D eigenvalue weighted by molar-refractivity contribution is 1.20. The highest BCUT2D eigenvalue weighted by Crippen LogP contribution is 2.24. The molecule has 3 aromatic rings. The van der Waals surface area contributed by atoms with Crippen LogP contribution < -0.4 is 0 Å². The molecule has 0 aliphatic rings. The number of hydrogen-bond donors (Lipinski definition) is 1. The van der Waals surface area contributed by atoms with Crippen LogP contribution in [0, 0.1) is 0 Å². The van der Waals surface area contributed by atoms with Crippen molar-refractivity contribution in [2.24, 2.45) is 0 Å². The zero-order valence-electron chi connectivity index (χ0n) is 15.1. The SMILES string of the molecule is C/C=C\C(C)=C/CC.CC.c1ccc2c(c1)[nH]c1ccccc12. The Kier molecular flexibility index (Phi) is 8.52. The van der Waals surface area contributed by atoms with Gasteiger partial charge in [-0.2, -0.15) is 0 Å². The van der Waals surface area contributed by atoms with Gasteiger partial charge in [0.1, 0.15) is 0 Å². The third-order valence-electron chi connectivity index (χ3n) is 3.37. The maximum absolute atomic E-state index is 3.38. The van der Waals surface area contributed by atoms with Crippen LogP contribution in [0.3, 0.4) is 0 Å². The molecule has 0 radical (unpaired) electrons. The van der Waals surface area contributed by atoms with Crippen molar-refractivity contribution in [2.75, 3.05) is 0 Å². The number of para-hydroxylation sites is 2. The first-order valence-electron chi connectivity index (χ1n) is 8.51. The predicted octanol–water partition coefficient (Wildman–Crippen LogP) is 7.27. The van der Waals surface area contributed by atoms with E-state index >= 15 is 0 Å². The number of H-pyrrole nitrogens is 1. The van der Waals surface area contributed by atoms with Gasteiger partial charge in [-0.05, 0) is 32.4 Å². The van der Waals surface area contributed by atoms with Crippen molar-refractivity contribution >= 4 is 21.8 Å². The second-order valence-electron chi connectivity index (χ2n) is 5.07. The average Bonchev–Trinajstić information content (AvgIpc) is 2.96. The molecule has 3 rings (SSSR count). The Morgan fingerprint density at radius 3 is 1.83 bits per heavy atom. The molecule has 0 saturated carbocycles. The van der Waals surface area contributed by atoms with Crippen molar-refractivity contribution < 1.29 is 0 Å². The summed E-state index contributed by atoms with van der Waals surface area (Å²) in [6.07, 6.45) is 7.52. The maximum Gasteiger partial charge on any atom is 0.0464 e. The summed E-state index contributed by atoms with van der Waals surface area (Å²) in [6, 6.07) is 16.8. The van der Waals surface area contributed by atoms with Crippen LogP contribution in [0.25, 0.3) is 21.8 Å². The molecule has 122 valence electrons. The Bertz CT molecular complexity index is 709. The highest BCUT2D eigenvalue weighted by Gasteiger charge is 2.00.